The van der Waals surface area contributed by atoms with Gasteiger partial charge in [0.2, 0.25) is 0 Å². The van der Waals surface area contributed by atoms with Crippen LogP contribution in [0, 0.1) is 5.82 Å². The van der Waals surface area contributed by atoms with Crippen molar-refractivity contribution in [3.63, 3.8) is 0 Å². The number of rotatable bonds is 4. The Hall–Kier alpha value is -1.13. The van der Waals surface area contributed by atoms with Gasteiger partial charge in [-0.25, -0.2) is 4.39 Å². The second-order valence-corrected chi connectivity index (χ2v) is 5.52. The highest BCUT2D eigenvalue weighted by Crippen LogP contribution is 2.19. The van der Waals surface area contributed by atoms with Crippen molar-refractivity contribution in [2.24, 2.45) is 0 Å². The normalized spacial score (nSPS) is 16.4. The number of hydrogen-bond acceptors (Lipinski definition) is 2. The molecular weight excluding hydrogens is 279 g/mol. The summed E-state index contributed by atoms with van der Waals surface area (Å²) < 4.78 is 13.0. The number of carbonyl (C=O) groups is 1. The fourth-order valence-corrected chi connectivity index (χ4v) is 2.64. The number of unbranched alkanes of at least 4 members (excludes halogenated alkanes) is 1. The minimum atomic E-state index is -0.420. The van der Waals surface area contributed by atoms with Crippen LogP contribution in [0.15, 0.2) is 18.2 Å². The molecule has 0 bridgehead atoms. The van der Waals surface area contributed by atoms with E-state index in [9.17, 15) is 9.18 Å². The lowest BCUT2D eigenvalue weighted by molar-refractivity contribution is 0.0636. The summed E-state index contributed by atoms with van der Waals surface area (Å²) in [6.45, 7) is 6.47. The third-order valence-electron chi connectivity index (χ3n) is 3.65. The zero-order valence-electron chi connectivity index (χ0n) is 11.7. The van der Waals surface area contributed by atoms with Gasteiger partial charge in [0, 0.05) is 26.2 Å². The predicted molar refractivity (Wildman–Crippen MR) is 78.7 cm³/mol. The third-order valence-corrected chi connectivity index (χ3v) is 3.96. The largest absolute Gasteiger partial charge is 0.336 e. The topological polar surface area (TPSA) is 23.6 Å². The number of hydrogen-bond donors (Lipinski definition) is 0. The van der Waals surface area contributed by atoms with Gasteiger partial charge in [0.05, 0.1) is 10.6 Å². The van der Waals surface area contributed by atoms with Crippen LogP contribution >= 0.6 is 11.6 Å². The smallest absolute Gasteiger partial charge is 0.255 e. The lowest BCUT2D eigenvalue weighted by Gasteiger charge is -2.34. The summed E-state index contributed by atoms with van der Waals surface area (Å²) >= 11 is 5.94. The molecule has 0 saturated carbocycles. The Morgan fingerprint density at radius 3 is 2.60 bits per heavy atom. The summed E-state index contributed by atoms with van der Waals surface area (Å²) in [4.78, 5) is 16.5. The van der Waals surface area contributed by atoms with Crippen molar-refractivity contribution >= 4 is 17.5 Å². The Kier molecular flexibility index (Phi) is 5.38. The highest BCUT2D eigenvalue weighted by atomic mass is 35.5. The van der Waals surface area contributed by atoms with Crippen molar-refractivity contribution in [3.05, 3.63) is 34.6 Å². The van der Waals surface area contributed by atoms with Gasteiger partial charge in [0.1, 0.15) is 5.82 Å². The molecule has 3 nitrogen and oxygen atoms in total. The van der Waals surface area contributed by atoms with Crippen LogP contribution in [0.3, 0.4) is 0 Å². The maximum atomic E-state index is 13.0. The van der Waals surface area contributed by atoms with E-state index < -0.39 is 5.82 Å². The standard InChI is InChI=1S/C15H20ClFN2O/c1-2-3-6-18-7-9-19(10-8-18)15(20)13-5-4-12(17)11-14(13)16/h4-5,11H,2-3,6-10H2,1H3. The Labute approximate surface area is 124 Å². The molecule has 0 N–H and O–H groups in total. The summed E-state index contributed by atoms with van der Waals surface area (Å²) in [5.41, 5.74) is 0.384. The average molecular weight is 299 g/mol. The van der Waals surface area contributed by atoms with Gasteiger partial charge < -0.3 is 4.90 Å². The number of nitrogens with zero attached hydrogens (tertiary/aromatic N) is 2. The van der Waals surface area contributed by atoms with Crippen molar-refractivity contribution in [1.29, 1.82) is 0 Å². The van der Waals surface area contributed by atoms with E-state index in [4.69, 9.17) is 11.6 Å². The summed E-state index contributed by atoms with van der Waals surface area (Å²) in [7, 11) is 0. The molecule has 1 fully saturated rings. The molecule has 0 unspecified atom stereocenters. The van der Waals surface area contributed by atoms with E-state index in [2.05, 4.69) is 11.8 Å². The molecule has 2 rings (SSSR count). The first-order valence-electron chi connectivity index (χ1n) is 7.08. The van der Waals surface area contributed by atoms with Crippen molar-refractivity contribution in [1.82, 2.24) is 9.80 Å². The van der Waals surface area contributed by atoms with Crippen LogP contribution in [0.2, 0.25) is 5.02 Å². The van der Waals surface area contributed by atoms with Crippen LogP contribution in [0.4, 0.5) is 4.39 Å². The van der Waals surface area contributed by atoms with Crippen LogP contribution < -0.4 is 0 Å². The van der Waals surface area contributed by atoms with Crippen molar-refractivity contribution in [2.45, 2.75) is 19.8 Å². The minimum Gasteiger partial charge on any atom is -0.336 e. The molecule has 1 saturated heterocycles. The second-order valence-electron chi connectivity index (χ2n) is 5.11. The number of amides is 1. The molecule has 1 amide bonds. The third kappa shape index (κ3) is 3.70. The van der Waals surface area contributed by atoms with E-state index in [-0.39, 0.29) is 10.9 Å². The molecule has 0 atom stereocenters. The molecular formula is C15H20ClFN2O. The number of piperazine rings is 1. The van der Waals surface area contributed by atoms with Gasteiger partial charge in [-0.1, -0.05) is 24.9 Å². The Bertz CT molecular complexity index is 473. The van der Waals surface area contributed by atoms with Gasteiger partial charge in [-0.05, 0) is 31.2 Å². The molecule has 110 valence electrons. The van der Waals surface area contributed by atoms with Gasteiger partial charge in [0.15, 0.2) is 0 Å². The van der Waals surface area contributed by atoms with Crippen LogP contribution in [-0.4, -0.2) is 48.4 Å². The summed E-state index contributed by atoms with van der Waals surface area (Å²) in [5, 5.41) is 0.184. The Balaban J connectivity index is 1.94. The lowest BCUT2D eigenvalue weighted by Crippen LogP contribution is -2.48. The molecule has 0 radical (unpaired) electrons. The van der Waals surface area contributed by atoms with Gasteiger partial charge in [-0.3, -0.25) is 9.69 Å². The van der Waals surface area contributed by atoms with Gasteiger partial charge in [-0.2, -0.15) is 0 Å². The Morgan fingerprint density at radius 1 is 1.30 bits per heavy atom. The van der Waals surface area contributed by atoms with Crippen LogP contribution in [-0.2, 0) is 0 Å². The zero-order valence-corrected chi connectivity index (χ0v) is 12.5. The SMILES string of the molecule is CCCCN1CCN(C(=O)c2ccc(F)cc2Cl)CC1. The van der Waals surface area contributed by atoms with Crippen LogP contribution in [0.25, 0.3) is 0 Å². The first-order chi connectivity index (χ1) is 9.61. The number of carbonyl (C=O) groups excluding carboxylic acids is 1. The fraction of sp³-hybridized carbons (Fsp3) is 0.533. The first kappa shape index (κ1) is 15.3. The van der Waals surface area contributed by atoms with Crippen LogP contribution in [0.1, 0.15) is 30.1 Å². The lowest BCUT2D eigenvalue weighted by atomic mass is 10.1. The molecule has 1 aromatic carbocycles. The van der Waals surface area contributed by atoms with Gasteiger partial charge in [0.25, 0.3) is 5.91 Å². The minimum absolute atomic E-state index is 0.106. The van der Waals surface area contributed by atoms with E-state index in [0.29, 0.717) is 18.7 Å². The van der Waals surface area contributed by atoms with E-state index in [1.165, 1.54) is 31.0 Å². The molecule has 1 aromatic rings. The number of benzene rings is 1. The van der Waals surface area contributed by atoms with Gasteiger partial charge >= 0.3 is 0 Å². The van der Waals surface area contributed by atoms with Crippen molar-refractivity contribution < 1.29 is 9.18 Å². The van der Waals surface area contributed by atoms with E-state index in [1.807, 2.05) is 0 Å². The van der Waals surface area contributed by atoms with Gasteiger partial charge in [-0.15, -0.1) is 0 Å². The first-order valence-corrected chi connectivity index (χ1v) is 7.46. The quantitative estimate of drug-likeness (QED) is 0.853. The molecule has 0 spiro atoms. The number of halogens is 2. The Morgan fingerprint density at radius 2 is 2.00 bits per heavy atom. The molecule has 0 aromatic heterocycles. The van der Waals surface area contributed by atoms with Crippen LogP contribution in [0.5, 0.6) is 0 Å². The summed E-state index contributed by atoms with van der Waals surface area (Å²) in [5.74, 6) is -0.527. The maximum Gasteiger partial charge on any atom is 0.255 e. The molecule has 5 heteroatoms. The van der Waals surface area contributed by atoms with E-state index in [0.717, 1.165) is 19.6 Å². The molecule has 20 heavy (non-hydrogen) atoms. The van der Waals surface area contributed by atoms with Crippen molar-refractivity contribution in [3.8, 4) is 0 Å². The van der Waals surface area contributed by atoms with Crippen molar-refractivity contribution in [2.75, 3.05) is 32.7 Å². The molecule has 1 heterocycles. The maximum absolute atomic E-state index is 13.0. The fourth-order valence-electron chi connectivity index (χ4n) is 2.39. The van der Waals surface area contributed by atoms with E-state index >= 15 is 0 Å². The summed E-state index contributed by atoms with van der Waals surface area (Å²) in [6.07, 6.45) is 2.38. The average Bonchev–Trinajstić information content (AvgIpc) is 2.45. The second kappa shape index (κ2) is 7.04. The highest BCUT2D eigenvalue weighted by molar-refractivity contribution is 6.33. The van der Waals surface area contributed by atoms with E-state index in [1.54, 1.807) is 4.90 Å². The molecule has 1 aliphatic heterocycles. The predicted octanol–water partition coefficient (Wildman–Crippen LogP) is 3.04. The molecule has 1 aliphatic rings. The monoisotopic (exact) mass is 298 g/mol. The molecule has 0 aliphatic carbocycles. The zero-order chi connectivity index (χ0) is 14.5. The highest BCUT2D eigenvalue weighted by Gasteiger charge is 2.23. The summed E-state index contributed by atoms with van der Waals surface area (Å²) in [6, 6.07) is 3.92.